The molecule has 0 aromatic carbocycles. The fourth-order valence-electron chi connectivity index (χ4n) is 3.03. The molecule has 0 spiro atoms. The number of hydrogen-bond acceptors (Lipinski definition) is 6. The maximum Gasteiger partial charge on any atom is 0.132 e. The number of rotatable bonds is 4. The molecule has 1 aliphatic heterocycles. The highest BCUT2D eigenvalue weighted by atomic mass is 32.1. The van der Waals surface area contributed by atoms with Gasteiger partial charge in [-0.1, -0.05) is 6.07 Å². The molecule has 1 atom stereocenters. The Morgan fingerprint density at radius 1 is 1.20 bits per heavy atom. The molecule has 1 saturated heterocycles. The van der Waals surface area contributed by atoms with Gasteiger partial charge in [0, 0.05) is 24.9 Å². The number of aromatic nitrogens is 3. The van der Waals surface area contributed by atoms with E-state index in [1.807, 2.05) is 36.5 Å². The smallest absolute Gasteiger partial charge is 0.132 e. The molecule has 0 saturated carbocycles. The van der Waals surface area contributed by atoms with Crippen LogP contribution in [-0.2, 0) is 0 Å². The molecular formula is C19H21N5S. The first-order chi connectivity index (χ1) is 12.3. The van der Waals surface area contributed by atoms with Gasteiger partial charge < -0.3 is 10.6 Å². The Labute approximate surface area is 151 Å². The van der Waals surface area contributed by atoms with Crippen LogP contribution in [0.15, 0.2) is 42.7 Å². The summed E-state index contributed by atoms with van der Waals surface area (Å²) in [5.74, 6) is 2.14. The molecule has 0 aliphatic carbocycles. The van der Waals surface area contributed by atoms with Crippen LogP contribution < -0.4 is 10.6 Å². The Balaban J connectivity index is 1.54. The monoisotopic (exact) mass is 351 g/mol. The van der Waals surface area contributed by atoms with Crippen LogP contribution in [0, 0.1) is 6.92 Å². The summed E-state index contributed by atoms with van der Waals surface area (Å²) in [5, 5.41) is 7.95. The first kappa shape index (κ1) is 16.2. The molecule has 1 unspecified atom stereocenters. The van der Waals surface area contributed by atoms with Crippen LogP contribution in [0.2, 0.25) is 0 Å². The summed E-state index contributed by atoms with van der Waals surface area (Å²) >= 11 is 1.75. The predicted molar refractivity (Wildman–Crippen MR) is 102 cm³/mol. The van der Waals surface area contributed by atoms with Crippen LogP contribution in [-0.4, -0.2) is 28.0 Å². The van der Waals surface area contributed by atoms with Gasteiger partial charge in [0.1, 0.15) is 11.6 Å². The van der Waals surface area contributed by atoms with Gasteiger partial charge in [-0.2, -0.15) is 0 Å². The number of nitrogens with zero attached hydrogens (tertiary/aromatic N) is 3. The maximum absolute atomic E-state index is 4.73. The standard InChI is InChI=1S/C19H21N5S/c1-13-7-9-21-18(10-13)24-17-6-2-5-15(23-17)16-12-22-19(25-16)14-4-3-8-20-11-14/h2,5-7,9-10,12,14,20H,3-4,8,11H2,1H3,(H,21,23,24). The molecule has 3 aromatic heterocycles. The second-order valence-electron chi connectivity index (χ2n) is 6.36. The largest absolute Gasteiger partial charge is 0.325 e. The minimum Gasteiger partial charge on any atom is -0.325 e. The second-order valence-corrected chi connectivity index (χ2v) is 7.42. The van der Waals surface area contributed by atoms with Crippen molar-refractivity contribution in [2.24, 2.45) is 0 Å². The molecule has 128 valence electrons. The van der Waals surface area contributed by atoms with Gasteiger partial charge >= 0.3 is 0 Å². The van der Waals surface area contributed by atoms with Crippen molar-refractivity contribution in [2.75, 3.05) is 18.4 Å². The summed E-state index contributed by atoms with van der Waals surface area (Å²) in [7, 11) is 0. The van der Waals surface area contributed by atoms with Crippen molar-refractivity contribution in [2.45, 2.75) is 25.7 Å². The fourth-order valence-corrected chi connectivity index (χ4v) is 4.06. The normalized spacial score (nSPS) is 17.4. The topological polar surface area (TPSA) is 62.7 Å². The lowest BCUT2D eigenvalue weighted by atomic mass is 10.0. The van der Waals surface area contributed by atoms with Gasteiger partial charge in [0.2, 0.25) is 0 Å². The molecule has 25 heavy (non-hydrogen) atoms. The van der Waals surface area contributed by atoms with Crippen LogP contribution in [0.1, 0.15) is 29.3 Å². The van der Waals surface area contributed by atoms with Gasteiger partial charge in [-0.05, 0) is 56.1 Å². The van der Waals surface area contributed by atoms with Gasteiger partial charge in [0.25, 0.3) is 0 Å². The summed E-state index contributed by atoms with van der Waals surface area (Å²) in [6.07, 6.45) is 6.19. The summed E-state index contributed by atoms with van der Waals surface area (Å²) in [6.45, 7) is 4.20. The number of pyridine rings is 2. The van der Waals surface area contributed by atoms with E-state index in [1.165, 1.54) is 23.4 Å². The van der Waals surface area contributed by atoms with E-state index in [2.05, 4.69) is 27.5 Å². The molecule has 0 amide bonds. The summed E-state index contributed by atoms with van der Waals surface area (Å²) < 4.78 is 0. The quantitative estimate of drug-likeness (QED) is 0.740. The molecule has 6 heteroatoms. The first-order valence-corrected chi connectivity index (χ1v) is 9.43. The molecule has 4 heterocycles. The van der Waals surface area contributed by atoms with Gasteiger partial charge in [0.15, 0.2) is 0 Å². The highest BCUT2D eigenvalue weighted by Gasteiger charge is 2.19. The van der Waals surface area contributed by atoms with E-state index < -0.39 is 0 Å². The Hall–Kier alpha value is -2.31. The van der Waals surface area contributed by atoms with E-state index in [-0.39, 0.29) is 0 Å². The van der Waals surface area contributed by atoms with Crippen molar-refractivity contribution >= 4 is 23.0 Å². The van der Waals surface area contributed by atoms with Crippen LogP contribution >= 0.6 is 11.3 Å². The molecule has 4 rings (SSSR count). The van der Waals surface area contributed by atoms with Crippen molar-refractivity contribution in [3.8, 4) is 10.6 Å². The molecule has 0 radical (unpaired) electrons. The van der Waals surface area contributed by atoms with Crippen molar-refractivity contribution in [3.63, 3.8) is 0 Å². The third-order valence-electron chi connectivity index (χ3n) is 4.34. The van der Waals surface area contributed by atoms with E-state index in [4.69, 9.17) is 4.98 Å². The molecule has 0 bridgehead atoms. The Bertz CT molecular complexity index is 854. The number of thiazole rings is 1. The zero-order chi connectivity index (χ0) is 17.1. The average molecular weight is 351 g/mol. The zero-order valence-corrected chi connectivity index (χ0v) is 15.0. The first-order valence-electron chi connectivity index (χ1n) is 8.61. The Morgan fingerprint density at radius 3 is 3.00 bits per heavy atom. The zero-order valence-electron chi connectivity index (χ0n) is 14.2. The minimum absolute atomic E-state index is 0.533. The SMILES string of the molecule is Cc1ccnc(Nc2cccc(-c3cnc(C4CCCNC4)s3)n2)c1. The van der Waals surface area contributed by atoms with Crippen LogP contribution in [0.25, 0.3) is 10.6 Å². The van der Waals surface area contributed by atoms with E-state index in [9.17, 15) is 0 Å². The average Bonchev–Trinajstić information content (AvgIpc) is 3.13. The number of piperidine rings is 1. The lowest BCUT2D eigenvalue weighted by molar-refractivity contribution is 0.460. The summed E-state index contributed by atoms with van der Waals surface area (Å²) in [6, 6.07) is 10.00. The van der Waals surface area contributed by atoms with E-state index in [0.717, 1.165) is 35.3 Å². The summed E-state index contributed by atoms with van der Waals surface area (Å²) in [4.78, 5) is 14.8. The second kappa shape index (κ2) is 7.29. The third-order valence-corrected chi connectivity index (χ3v) is 5.53. The van der Waals surface area contributed by atoms with Gasteiger partial charge in [-0.15, -0.1) is 11.3 Å². The number of aryl methyl sites for hydroxylation is 1. The highest BCUT2D eigenvalue weighted by molar-refractivity contribution is 7.15. The van der Waals surface area contributed by atoms with Crippen molar-refractivity contribution in [3.05, 3.63) is 53.3 Å². The summed E-state index contributed by atoms with van der Waals surface area (Å²) in [5.41, 5.74) is 2.12. The highest BCUT2D eigenvalue weighted by Crippen LogP contribution is 2.32. The van der Waals surface area contributed by atoms with E-state index in [1.54, 1.807) is 17.5 Å². The Morgan fingerprint density at radius 2 is 2.16 bits per heavy atom. The van der Waals surface area contributed by atoms with Gasteiger partial charge in [0.05, 0.1) is 15.6 Å². The van der Waals surface area contributed by atoms with Gasteiger partial charge in [-0.25, -0.2) is 15.0 Å². The van der Waals surface area contributed by atoms with Crippen molar-refractivity contribution in [1.82, 2.24) is 20.3 Å². The molecule has 1 aliphatic rings. The molecule has 3 aromatic rings. The minimum atomic E-state index is 0.533. The molecular weight excluding hydrogens is 330 g/mol. The fraction of sp³-hybridized carbons (Fsp3) is 0.316. The van der Waals surface area contributed by atoms with Gasteiger partial charge in [-0.3, -0.25) is 0 Å². The number of hydrogen-bond donors (Lipinski definition) is 2. The predicted octanol–water partition coefficient (Wildman–Crippen LogP) is 4.12. The van der Waals surface area contributed by atoms with Crippen LogP contribution in [0.5, 0.6) is 0 Å². The van der Waals surface area contributed by atoms with Crippen molar-refractivity contribution < 1.29 is 0 Å². The lowest BCUT2D eigenvalue weighted by Crippen LogP contribution is -2.28. The molecule has 2 N–H and O–H groups in total. The van der Waals surface area contributed by atoms with Crippen LogP contribution in [0.4, 0.5) is 11.6 Å². The van der Waals surface area contributed by atoms with Crippen LogP contribution in [0.3, 0.4) is 0 Å². The third kappa shape index (κ3) is 3.86. The van der Waals surface area contributed by atoms with Crippen molar-refractivity contribution in [1.29, 1.82) is 0 Å². The number of nitrogens with one attached hydrogen (secondary N) is 2. The lowest BCUT2D eigenvalue weighted by Gasteiger charge is -2.20. The Kier molecular flexibility index (Phi) is 4.72. The molecule has 1 fully saturated rings. The maximum atomic E-state index is 4.73. The molecule has 5 nitrogen and oxygen atoms in total. The number of anilines is 2. The van der Waals surface area contributed by atoms with E-state index in [0.29, 0.717) is 5.92 Å². The van der Waals surface area contributed by atoms with E-state index >= 15 is 0 Å².